The maximum Gasteiger partial charge on any atom is 0.175 e. The number of aliphatic hydroxyl groups is 1. The molecule has 0 heterocycles. The van der Waals surface area contributed by atoms with Crippen molar-refractivity contribution in [3.8, 4) is 0 Å². The van der Waals surface area contributed by atoms with Crippen molar-refractivity contribution in [1.82, 2.24) is 5.32 Å². The largest absolute Gasteiger partial charge is 0.387 e. The first-order valence-electron chi connectivity index (χ1n) is 6.10. The van der Waals surface area contributed by atoms with Crippen LogP contribution in [0.25, 0.3) is 0 Å². The summed E-state index contributed by atoms with van der Waals surface area (Å²) in [7, 11) is -1.63. The van der Waals surface area contributed by atoms with Crippen LogP contribution in [0.1, 0.15) is 18.6 Å². The number of ether oxygens (including phenoxy) is 1. The van der Waals surface area contributed by atoms with Crippen molar-refractivity contribution in [1.29, 1.82) is 0 Å². The van der Waals surface area contributed by atoms with E-state index in [9.17, 15) is 13.5 Å². The van der Waals surface area contributed by atoms with Crippen LogP contribution in [0.15, 0.2) is 29.2 Å². The van der Waals surface area contributed by atoms with E-state index < -0.39 is 15.9 Å². The van der Waals surface area contributed by atoms with Gasteiger partial charge in [0.05, 0.1) is 23.6 Å². The van der Waals surface area contributed by atoms with E-state index in [1.807, 2.05) is 6.92 Å². The molecule has 0 aliphatic carbocycles. The minimum absolute atomic E-state index is 0.223. The lowest BCUT2D eigenvalue weighted by molar-refractivity contribution is 0.0706. The highest BCUT2D eigenvalue weighted by atomic mass is 32.2. The third kappa shape index (κ3) is 4.58. The molecule has 0 fully saturated rings. The van der Waals surface area contributed by atoms with E-state index in [4.69, 9.17) is 4.74 Å². The first kappa shape index (κ1) is 16.1. The average molecular weight is 287 g/mol. The Bertz CT molecular complexity index is 478. The van der Waals surface area contributed by atoms with E-state index in [2.05, 4.69) is 5.32 Å². The van der Waals surface area contributed by atoms with Gasteiger partial charge in [0, 0.05) is 13.4 Å². The zero-order valence-electron chi connectivity index (χ0n) is 11.5. The molecule has 2 N–H and O–H groups in total. The van der Waals surface area contributed by atoms with Crippen molar-refractivity contribution >= 4 is 9.84 Å². The molecular formula is C13H21NO4S. The molecule has 1 aromatic carbocycles. The number of nitrogens with one attached hydrogen (secondary N) is 1. The fourth-order valence-electron chi connectivity index (χ4n) is 1.85. The lowest BCUT2D eigenvalue weighted by Gasteiger charge is -2.23. The number of likely N-dealkylation sites (N-methyl/N-ethyl adjacent to an activating group) is 1. The first-order valence-corrected chi connectivity index (χ1v) is 7.99. The maximum atomic E-state index is 11.4. The second-order valence-corrected chi connectivity index (χ2v) is 6.42. The molecule has 0 unspecified atom stereocenters. The summed E-state index contributed by atoms with van der Waals surface area (Å²) >= 11 is 0. The lowest BCUT2D eigenvalue weighted by Crippen LogP contribution is -2.38. The summed E-state index contributed by atoms with van der Waals surface area (Å²) in [6.07, 6.45) is 0.415. The quantitative estimate of drug-likeness (QED) is 0.774. The summed E-state index contributed by atoms with van der Waals surface area (Å²) in [4.78, 5) is 0.246. The number of hydrogen-bond acceptors (Lipinski definition) is 5. The van der Waals surface area contributed by atoms with Crippen molar-refractivity contribution in [2.24, 2.45) is 0 Å². The minimum atomic E-state index is -3.21. The molecule has 0 radical (unpaired) electrons. The molecule has 0 aliphatic heterocycles. The number of sulfone groups is 1. The SMILES string of the molecule is CCN[C@@H](COC)[C@@H](O)c1ccc(S(C)(=O)=O)cc1. The second kappa shape index (κ2) is 7.00. The molecule has 2 atom stereocenters. The van der Waals surface area contributed by atoms with Crippen LogP contribution in [-0.2, 0) is 14.6 Å². The van der Waals surface area contributed by atoms with Crippen LogP contribution in [0.4, 0.5) is 0 Å². The number of benzene rings is 1. The van der Waals surface area contributed by atoms with Gasteiger partial charge < -0.3 is 15.2 Å². The monoisotopic (exact) mass is 287 g/mol. The summed E-state index contributed by atoms with van der Waals surface area (Å²) in [5.41, 5.74) is 0.662. The van der Waals surface area contributed by atoms with Crippen LogP contribution in [0.2, 0.25) is 0 Å². The Balaban J connectivity index is 2.89. The zero-order chi connectivity index (χ0) is 14.5. The molecule has 19 heavy (non-hydrogen) atoms. The molecule has 1 rings (SSSR count). The Hall–Kier alpha value is -0.950. The maximum absolute atomic E-state index is 11.4. The van der Waals surface area contributed by atoms with E-state index in [0.717, 1.165) is 6.26 Å². The third-order valence-electron chi connectivity index (χ3n) is 2.84. The summed E-state index contributed by atoms with van der Waals surface area (Å²) in [6.45, 7) is 3.04. The van der Waals surface area contributed by atoms with Crippen molar-refractivity contribution in [2.45, 2.75) is 24.0 Å². The van der Waals surface area contributed by atoms with Gasteiger partial charge in [0.2, 0.25) is 0 Å². The van der Waals surface area contributed by atoms with Crippen LogP contribution in [0.5, 0.6) is 0 Å². The van der Waals surface area contributed by atoms with E-state index in [-0.39, 0.29) is 10.9 Å². The topological polar surface area (TPSA) is 75.6 Å². The number of aliphatic hydroxyl groups excluding tert-OH is 1. The first-order chi connectivity index (χ1) is 8.90. The Morgan fingerprint density at radius 3 is 2.32 bits per heavy atom. The van der Waals surface area contributed by atoms with Crippen LogP contribution in [-0.4, -0.2) is 46.1 Å². The number of rotatable bonds is 7. The van der Waals surface area contributed by atoms with Crippen LogP contribution in [0, 0.1) is 0 Å². The molecule has 0 saturated carbocycles. The molecule has 0 aromatic heterocycles. The highest BCUT2D eigenvalue weighted by Gasteiger charge is 2.20. The van der Waals surface area contributed by atoms with Crippen molar-refractivity contribution in [3.05, 3.63) is 29.8 Å². The summed E-state index contributed by atoms with van der Waals surface area (Å²) in [6, 6.07) is 6.04. The van der Waals surface area contributed by atoms with Crippen LogP contribution >= 0.6 is 0 Å². The van der Waals surface area contributed by atoms with Gasteiger partial charge in [-0.1, -0.05) is 19.1 Å². The highest BCUT2D eigenvalue weighted by Crippen LogP contribution is 2.19. The fourth-order valence-corrected chi connectivity index (χ4v) is 2.48. The van der Waals surface area contributed by atoms with Gasteiger partial charge in [0.25, 0.3) is 0 Å². The molecule has 5 nitrogen and oxygen atoms in total. The van der Waals surface area contributed by atoms with Gasteiger partial charge >= 0.3 is 0 Å². The predicted octanol–water partition coefficient (Wildman–Crippen LogP) is 0.748. The van der Waals surface area contributed by atoms with Gasteiger partial charge in [-0.2, -0.15) is 0 Å². The third-order valence-corrected chi connectivity index (χ3v) is 3.97. The van der Waals surface area contributed by atoms with Crippen LogP contribution < -0.4 is 5.32 Å². The Labute approximate surface area is 114 Å². The molecule has 108 valence electrons. The number of methoxy groups -OCH3 is 1. The zero-order valence-corrected chi connectivity index (χ0v) is 12.3. The lowest BCUT2D eigenvalue weighted by atomic mass is 10.0. The van der Waals surface area contributed by atoms with Gasteiger partial charge in [-0.25, -0.2) is 8.42 Å². The van der Waals surface area contributed by atoms with Crippen molar-refractivity contribution < 1.29 is 18.3 Å². The molecule has 1 aromatic rings. The fraction of sp³-hybridized carbons (Fsp3) is 0.538. The summed E-state index contributed by atoms with van der Waals surface area (Å²) in [5.74, 6) is 0. The standard InChI is InChI=1S/C13H21NO4S/c1-4-14-12(9-18-2)13(15)10-5-7-11(8-6-10)19(3,16)17/h5-8,12-15H,4,9H2,1-3H3/t12-,13-/m0/s1. The Kier molecular flexibility index (Phi) is 5.93. The summed E-state index contributed by atoms with van der Waals surface area (Å²) < 4.78 is 27.8. The number of hydrogen-bond donors (Lipinski definition) is 2. The van der Waals surface area contributed by atoms with E-state index in [0.29, 0.717) is 18.7 Å². The van der Waals surface area contributed by atoms with Crippen LogP contribution in [0.3, 0.4) is 0 Å². The second-order valence-electron chi connectivity index (χ2n) is 4.41. The van der Waals surface area contributed by atoms with Crippen molar-refractivity contribution in [3.63, 3.8) is 0 Å². The normalized spacial score (nSPS) is 15.2. The van der Waals surface area contributed by atoms with E-state index >= 15 is 0 Å². The van der Waals surface area contributed by atoms with Gasteiger partial charge in [0.15, 0.2) is 9.84 Å². The van der Waals surface area contributed by atoms with Crippen molar-refractivity contribution in [2.75, 3.05) is 26.5 Å². The molecule has 0 bridgehead atoms. The van der Waals surface area contributed by atoms with E-state index in [1.165, 1.54) is 12.1 Å². The van der Waals surface area contributed by atoms with Gasteiger partial charge in [0.1, 0.15) is 0 Å². The molecular weight excluding hydrogens is 266 g/mol. The molecule has 0 saturated heterocycles. The van der Waals surface area contributed by atoms with Gasteiger partial charge in [-0.05, 0) is 24.2 Å². The predicted molar refractivity (Wildman–Crippen MR) is 73.9 cm³/mol. The van der Waals surface area contributed by atoms with E-state index in [1.54, 1.807) is 19.2 Å². The summed E-state index contributed by atoms with van der Waals surface area (Å²) in [5, 5.41) is 13.4. The Morgan fingerprint density at radius 2 is 1.89 bits per heavy atom. The smallest absolute Gasteiger partial charge is 0.175 e. The molecule has 0 aliphatic rings. The van der Waals surface area contributed by atoms with Gasteiger partial charge in [-0.15, -0.1) is 0 Å². The minimum Gasteiger partial charge on any atom is -0.387 e. The average Bonchev–Trinajstić information content (AvgIpc) is 2.37. The highest BCUT2D eigenvalue weighted by molar-refractivity contribution is 7.90. The molecule has 6 heteroatoms. The Morgan fingerprint density at radius 1 is 1.32 bits per heavy atom. The molecule has 0 amide bonds. The van der Waals surface area contributed by atoms with Gasteiger partial charge in [-0.3, -0.25) is 0 Å². The molecule has 0 spiro atoms.